The van der Waals surface area contributed by atoms with Crippen LogP contribution in [0.2, 0.25) is 0 Å². The van der Waals surface area contributed by atoms with Crippen molar-refractivity contribution in [2.45, 2.75) is 6.92 Å². The quantitative estimate of drug-likeness (QED) is 0.770. The van der Waals surface area contributed by atoms with Crippen LogP contribution >= 0.6 is 0 Å². The molecule has 0 aromatic carbocycles. The predicted molar refractivity (Wildman–Crippen MR) is 64.1 cm³/mol. The Balaban J connectivity index is 2.87. The zero-order valence-electron chi connectivity index (χ0n) is 10.2. The molecule has 6 nitrogen and oxygen atoms in total. The van der Waals surface area contributed by atoms with Gasteiger partial charge >= 0.3 is 0 Å². The fraction of sp³-hybridized carbons (Fsp3) is 0.364. The number of nitrogens with one attached hydrogen (secondary N) is 1. The number of H-pyrrole nitrogens is 1. The molecule has 0 fully saturated rings. The number of amides is 1. The summed E-state index contributed by atoms with van der Waals surface area (Å²) in [7, 11) is 5.00. The molecule has 17 heavy (non-hydrogen) atoms. The number of aromatic amines is 1. The van der Waals surface area contributed by atoms with Crippen LogP contribution in [0.1, 0.15) is 16.1 Å². The number of aryl methyl sites for hydroxylation is 2. The van der Waals surface area contributed by atoms with Gasteiger partial charge in [0.15, 0.2) is 5.65 Å². The van der Waals surface area contributed by atoms with Crippen molar-refractivity contribution in [3.05, 3.63) is 27.7 Å². The Morgan fingerprint density at radius 2 is 2.12 bits per heavy atom. The first-order valence-corrected chi connectivity index (χ1v) is 5.20. The van der Waals surface area contributed by atoms with Crippen LogP contribution in [-0.4, -0.2) is 39.7 Å². The van der Waals surface area contributed by atoms with Crippen LogP contribution in [0.3, 0.4) is 0 Å². The highest BCUT2D eigenvalue weighted by atomic mass is 16.2. The average Bonchev–Trinajstić information content (AvgIpc) is 2.52. The van der Waals surface area contributed by atoms with Crippen LogP contribution in [0.25, 0.3) is 11.0 Å². The van der Waals surface area contributed by atoms with Crippen LogP contribution < -0.4 is 5.56 Å². The summed E-state index contributed by atoms with van der Waals surface area (Å²) in [5, 5.41) is 2.95. The molecular weight excluding hydrogens is 220 g/mol. The lowest BCUT2D eigenvalue weighted by Crippen LogP contribution is -2.23. The van der Waals surface area contributed by atoms with Crippen molar-refractivity contribution in [1.82, 2.24) is 19.7 Å². The van der Waals surface area contributed by atoms with Gasteiger partial charge in [-0.1, -0.05) is 0 Å². The summed E-state index contributed by atoms with van der Waals surface area (Å²) in [5.74, 6) is -0.197. The van der Waals surface area contributed by atoms with Crippen LogP contribution in [0.4, 0.5) is 0 Å². The van der Waals surface area contributed by atoms with Crippen LogP contribution in [0, 0.1) is 6.92 Å². The molecule has 2 heterocycles. The third-order valence-electron chi connectivity index (χ3n) is 2.58. The summed E-state index contributed by atoms with van der Waals surface area (Å²) in [6, 6.07) is 1.64. The van der Waals surface area contributed by atoms with E-state index in [1.807, 2.05) is 0 Å². The molecule has 0 radical (unpaired) electrons. The van der Waals surface area contributed by atoms with Gasteiger partial charge in [0.25, 0.3) is 11.5 Å². The Hall–Kier alpha value is -2.11. The Morgan fingerprint density at radius 3 is 2.71 bits per heavy atom. The van der Waals surface area contributed by atoms with Crippen molar-refractivity contribution >= 4 is 16.9 Å². The topological polar surface area (TPSA) is 71.0 Å². The van der Waals surface area contributed by atoms with E-state index in [1.54, 1.807) is 34.1 Å². The number of pyridine rings is 1. The molecule has 0 atom stereocenters. The van der Waals surface area contributed by atoms with Crippen molar-refractivity contribution < 1.29 is 4.79 Å². The molecule has 0 bridgehead atoms. The molecule has 0 aliphatic heterocycles. The van der Waals surface area contributed by atoms with E-state index >= 15 is 0 Å². The Bertz CT molecular complexity index is 651. The molecule has 0 spiro atoms. The number of aromatic nitrogens is 3. The van der Waals surface area contributed by atoms with Crippen molar-refractivity contribution in [2.75, 3.05) is 14.1 Å². The second-order valence-corrected chi connectivity index (χ2v) is 4.21. The lowest BCUT2D eigenvalue weighted by molar-refractivity contribution is 0.0829. The highest BCUT2D eigenvalue weighted by Gasteiger charge is 2.18. The van der Waals surface area contributed by atoms with E-state index in [0.29, 0.717) is 22.3 Å². The first-order valence-electron chi connectivity index (χ1n) is 5.20. The van der Waals surface area contributed by atoms with Gasteiger partial charge in [-0.2, -0.15) is 0 Å². The number of hydrogen-bond acceptors (Lipinski definition) is 3. The molecule has 90 valence electrons. The standard InChI is InChI=1S/C11H14N4O2/c1-6-5-7(11(17)14(2)3)8-9(12-6)15(4)13-10(8)16/h5H,1-4H3,(H,13,16). The number of carbonyl (C=O) groups is 1. The fourth-order valence-corrected chi connectivity index (χ4v) is 1.79. The largest absolute Gasteiger partial charge is 0.345 e. The van der Waals surface area contributed by atoms with Crippen molar-refractivity contribution in [2.24, 2.45) is 7.05 Å². The molecule has 1 amide bonds. The minimum absolute atomic E-state index is 0.197. The molecular formula is C11H14N4O2. The number of carbonyl (C=O) groups excluding carboxylic acids is 1. The van der Waals surface area contributed by atoms with Gasteiger partial charge in [-0.05, 0) is 13.0 Å². The summed E-state index contributed by atoms with van der Waals surface area (Å²) in [6.07, 6.45) is 0. The summed E-state index contributed by atoms with van der Waals surface area (Å²) in [6.45, 7) is 1.79. The van der Waals surface area contributed by atoms with E-state index in [4.69, 9.17) is 0 Å². The molecule has 1 N–H and O–H groups in total. The molecule has 0 saturated carbocycles. The van der Waals surface area contributed by atoms with Crippen LogP contribution in [0.5, 0.6) is 0 Å². The molecule has 0 aliphatic carbocycles. The molecule has 2 aromatic heterocycles. The second-order valence-electron chi connectivity index (χ2n) is 4.21. The van der Waals surface area contributed by atoms with E-state index in [9.17, 15) is 9.59 Å². The number of hydrogen-bond donors (Lipinski definition) is 1. The maximum atomic E-state index is 12.0. The van der Waals surface area contributed by atoms with Gasteiger partial charge in [0.2, 0.25) is 0 Å². The molecule has 2 aromatic rings. The van der Waals surface area contributed by atoms with Gasteiger partial charge in [0.05, 0.1) is 10.9 Å². The third kappa shape index (κ3) is 1.71. The molecule has 0 saturated heterocycles. The van der Waals surface area contributed by atoms with E-state index < -0.39 is 0 Å². The molecule has 6 heteroatoms. The zero-order chi connectivity index (χ0) is 12.7. The summed E-state index contributed by atoms with van der Waals surface area (Å²) < 4.78 is 1.52. The lowest BCUT2D eigenvalue weighted by Gasteiger charge is -2.11. The normalized spacial score (nSPS) is 10.8. The first kappa shape index (κ1) is 11.4. The van der Waals surface area contributed by atoms with Gasteiger partial charge in [-0.25, -0.2) is 4.98 Å². The smallest absolute Gasteiger partial charge is 0.274 e. The molecule has 0 unspecified atom stereocenters. The lowest BCUT2D eigenvalue weighted by atomic mass is 10.1. The van der Waals surface area contributed by atoms with Crippen molar-refractivity contribution in [1.29, 1.82) is 0 Å². The number of nitrogens with zero attached hydrogens (tertiary/aromatic N) is 3. The van der Waals surface area contributed by atoms with Crippen LogP contribution in [0.15, 0.2) is 10.9 Å². The molecule has 0 aliphatic rings. The highest BCUT2D eigenvalue weighted by Crippen LogP contribution is 2.15. The van der Waals surface area contributed by atoms with Crippen LogP contribution in [-0.2, 0) is 7.05 Å². The van der Waals surface area contributed by atoms with E-state index in [1.165, 1.54) is 9.58 Å². The number of rotatable bonds is 1. The van der Waals surface area contributed by atoms with Gasteiger partial charge in [0.1, 0.15) is 0 Å². The Morgan fingerprint density at radius 1 is 1.47 bits per heavy atom. The number of fused-ring (bicyclic) bond motifs is 1. The summed E-state index contributed by atoms with van der Waals surface area (Å²) in [5.41, 5.74) is 1.30. The third-order valence-corrected chi connectivity index (χ3v) is 2.58. The minimum Gasteiger partial charge on any atom is -0.345 e. The SMILES string of the molecule is Cc1cc(C(=O)N(C)C)c2c(=O)[nH]n(C)c2n1. The van der Waals surface area contributed by atoms with Gasteiger partial charge in [-0.3, -0.25) is 19.4 Å². The van der Waals surface area contributed by atoms with E-state index in [-0.39, 0.29) is 11.5 Å². The predicted octanol–water partition coefficient (Wildman–Crippen LogP) is 0.272. The Labute approximate surface area is 97.8 Å². The minimum atomic E-state index is -0.291. The maximum Gasteiger partial charge on any atom is 0.274 e. The fourth-order valence-electron chi connectivity index (χ4n) is 1.79. The summed E-state index contributed by atoms with van der Waals surface area (Å²) >= 11 is 0. The van der Waals surface area contributed by atoms with Gasteiger partial charge < -0.3 is 4.90 Å². The van der Waals surface area contributed by atoms with Crippen molar-refractivity contribution in [3.8, 4) is 0 Å². The Kier molecular flexibility index (Phi) is 2.49. The van der Waals surface area contributed by atoms with Gasteiger partial charge in [-0.15, -0.1) is 0 Å². The molecule has 2 rings (SSSR count). The van der Waals surface area contributed by atoms with E-state index in [2.05, 4.69) is 10.1 Å². The maximum absolute atomic E-state index is 12.0. The average molecular weight is 234 g/mol. The second kappa shape index (κ2) is 3.73. The highest BCUT2D eigenvalue weighted by molar-refractivity contribution is 6.05. The monoisotopic (exact) mass is 234 g/mol. The first-order chi connectivity index (χ1) is 7.91. The zero-order valence-corrected chi connectivity index (χ0v) is 10.2. The van der Waals surface area contributed by atoms with Crippen molar-refractivity contribution in [3.63, 3.8) is 0 Å². The summed E-state index contributed by atoms with van der Waals surface area (Å²) in [4.78, 5) is 29.5. The van der Waals surface area contributed by atoms with E-state index in [0.717, 1.165) is 0 Å². The van der Waals surface area contributed by atoms with Gasteiger partial charge in [0, 0.05) is 26.8 Å².